The molecule has 0 saturated carbocycles. The van der Waals surface area contributed by atoms with Crippen molar-refractivity contribution in [3.63, 3.8) is 0 Å². The molecule has 5 nitrogen and oxygen atoms in total. The fourth-order valence-corrected chi connectivity index (χ4v) is 5.00. The summed E-state index contributed by atoms with van der Waals surface area (Å²) < 4.78 is 28.6. The van der Waals surface area contributed by atoms with Gasteiger partial charge in [-0.1, -0.05) is 20.3 Å². The van der Waals surface area contributed by atoms with E-state index in [4.69, 9.17) is 5.73 Å². The lowest BCUT2D eigenvalue weighted by molar-refractivity contribution is 0.239. The monoisotopic (exact) mass is 275 g/mol. The predicted molar refractivity (Wildman–Crippen MR) is 72.2 cm³/mol. The Labute approximate surface area is 110 Å². The highest BCUT2D eigenvalue weighted by Crippen LogP contribution is 2.29. The van der Waals surface area contributed by atoms with Crippen LogP contribution in [0.25, 0.3) is 0 Å². The maximum absolute atomic E-state index is 12.6. The molecule has 0 aliphatic carbocycles. The van der Waals surface area contributed by atoms with Gasteiger partial charge in [-0.05, 0) is 24.7 Å². The molecule has 0 amide bonds. The highest BCUT2D eigenvalue weighted by molar-refractivity contribution is 7.86. The van der Waals surface area contributed by atoms with E-state index in [1.807, 2.05) is 0 Å². The molecule has 2 aliphatic rings. The fourth-order valence-electron chi connectivity index (χ4n) is 2.93. The van der Waals surface area contributed by atoms with Gasteiger partial charge in [0.2, 0.25) is 0 Å². The molecule has 2 rings (SSSR count). The minimum Gasteiger partial charge on any atom is -0.329 e. The number of piperidine rings is 1. The maximum Gasteiger partial charge on any atom is 0.282 e. The first-order valence-corrected chi connectivity index (χ1v) is 8.33. The Hall–Kier alpha value is -0.170. The van der Waals surface area contributed by atoms with Crippen LogP contribution >= 0.6 is 0 Å². The lowest BCUT2D eigenvalue weighted by atomic mass is 10.0. The number of nitrogens with two attached hydrogens (primary N) is 1. The molecule has 6 heteroatoms. The second-order valence-electron chi connectivity index (χ2n) is 5.78. The lowest BCUT2D eigenvalue weighted by Gasteiger charge is -2.36. The molecule has 18 heavy (non-hydrogen) atoms. The third-order valence-electron chi connectivity index (χ3n) is 4.42. The molecular weight excluding hydrogens is 250 g/mol. The average Bonchev–Trinajstić information content (AvgIpc) is 2.70. The molecule has 2 aliphatic heterocycles. The van der Waals surface area contributed by atoms with Crippen LogP contribution in [0.2, 0.25) is 0 Å². The second-order valence-corrected chi connectivity index (χ2v) is 7.66. The molecule has 0 aromatic carbocycles. The number of nitrogens with zero attached hydrogens (tertiary/aromatic N) is 2. The molecule has 0 radical (unpaired) electrons. The molecule has 2 N–H and O–H groups in total. The molecular formula is C12H25N3O2S. The Balaban J connectivity index is 2.14. The summed E-state index contributed by atoms with van der Waals surface area (Å²) in [7, 11) is -3.30. The Morgan fingerprint density at radius 1 is 1.17 bits per heavy atom. The van der Waals surface area contributed by atoms with E-state index in [0.29, 0.717) is 38.0 Å². The van der Waals surface area contributed by atoms with Crippen LogP contribution in [-0.4, -0.2) is 49.2 Å². The Morgan fingerprint density at radius 2 is 1.78 bits per heavy atom. The van der Waals surface area contributed by atoms with Crippen molar-refractivity contribution in [1.82, 2.24) is 8.61 Å². The van der Waals surface area contributed by atoms with Crippen molar-refractivity contribution in [3.05, 3.63) is 0 Å². The zero-order chi connectivity index (χ0) is 13.3. The number of hydrogen-bond acceptors (Lipinski definition) is 3. The van der Waals surface area contributed by atoms with Gasteiger partial charge in [-0.3, -0.25) is 0 Å². The molecule has 2 heterocycles. The Bertz CT molecular complexity index is 375. The zero-order valence-corrected chi connectivity index (χ0v) is 12.2. The van der Waals surface area contributed by atoms with Crippen LogP contribution in [0.3, 0.4) is 0 Å². The van der Waals surface area contributed by atoms with Crippen molar-refractivity contribution >= 4 is 10.2 Å². The summed E-state index contributed by atoms with van der Waals surface area (Å²) in [6.45, 7) is 6.60. The van der Waals surface area contributed by atoms with Crippen molar-refractivity contribution in [2.75, 3.05) is 26.2 Å². The molecule has 0 spiro atoms. The summed E-state index contributed by atoms with van der Waals surface area (Å²) in [5.74, 6) is 0.891. The highest BCUT2D eigenvalue weighted by Gasteiger charge is 2.40. The van der Waals surface area contributed by atoms with E-state index in [2.05, 4.69) is 13.8 Å². The van der Waals surface area contributed by atoms with Crippen LogP contribution in [0.4, 0.5) is 0 Å². The van der Waals surface area contributed by atoms with Crippen LogP contribution in [0, 0.1) is 11.8 Å². The van der Waals surface area contributed by atoms with Crippen LogP contribution in [0.5, 0.6) is 0 Å². The lowest BCUT2D eigenvalue weighted by Crippen LogP contribution is -2.52. The first-order valence-electron chi connectivity index (χ1n) is 6.93. The van der Waals surface area contributed by atoms with Gasteiger partial charge >= 0.3 is 0 Å². The topological polar surface area (TPSA) is 66.6 Å². The fraction of sp³-hybridized carbons (Fsp3) is 1.00. The maximum atomic E-state index is 12.6. The first kappa shape index (κ1) is 14.2. The molecule has 2 fully saturated rings. The summed E-state index contributed by atoms with van der Waals surface area (Å²) in [6, 6.07) is -0.00466. The standard InChI is InChI=1S/C12H25N3O2S/c1-10-8-14(9-11(10)2)18(16,17)15-6-4-3-5-12(15)7-13/h10-12H,3-9,13H2,1-2H3. The minimum atomic E-state index is -3.30. The summed E-state index contributed by atoms with van der Waals surface area (Å²) in [6.07, 6.45) is 2.93. The summed E-state index contributed by atoms with van der Waals surface area (Å²) in [4.78, 5) is 0. The van der Waals surface area contributed by atoms with Gasteiger partial charge < -0.3 is 5.73 Å². The van der Waals surface area contributed by atoms with Crippen LogP contribution < -0.4 is 5.73 Å². The van der Waals surface area contributed by atoms with Gasteiger partial charge in [0, 0.05) is 32.2 Å². The molecule has 0 aromatic rings. The Morgan fingerprint density at radius 3 is 2.33 bits per heavy atom. The second kappa shape index (κ2) is 5.45. The molecule has 2 saturated heterocycles. The van der Waals surface area contributed by atoms with E-state index in [9.17, 15) is 8.42 Å². The number of hydrogen-bond donors (Lipinski definition) is 1. The summed E-state index contributed by atoms with van der Waals surface area (Å²) >= 11 is 0. The van der Waals surface area contributed by atoms with Crippen molar-refractivity contribution in [3.8, 4) is 0 Å². The van der Waals surface area contributed by atoms with Crippen molar-refractivity contribution < 1.29 is 8.42 Å². The van der Waals surface area contributed by atoms with Gasteiger partial charge in [-0.2, -0.15) is 17.0 Å². The van der Waals surface area contributed by atoms with Crippen molar-refractivity contribution in [1.29, 1.82) is 0 Å². The van der Waals surface area contributed by atoms with Crippen molar-refractivity contribution in [2.24, 2.45) is 17.6 Å². The third kappa shape index (κ3) is 2.57. The van der Waals surface area contributed by atoms with E-state index in [1.165, 1.54) is 0 Å². The van der Waals surface area contributed by atoms with E-state index in [0.717, 1.165) is 19.3 Å². The van der Waals surface area contributed by atoms with Crippen LogP contribution in [0.1, 0.15) is 33.1 Å². The normalized spacial score (nSPS) is 36.1. The average molecular weight is 275 g/mol. The SMILES string of the molecule is CC1CN(S(=O)(=O)N2CCCCC2CN)CC1C. The summed E-state index contributed by atoms with van der Waals surface area (Å²) in [5.41, 5.74) is 5.72. The van der Waals surface area contributed by atoms with E-state index < -0.39 is 10.2 Å². The highest BCUT2D eigenvalue weighted by atomic mass is 32.2. The third-order valence-corrected chi connectivity index (χ3v) is 6.45. The Kier molecular flexibility index (Phi) is 4.31. The van der Waals surface area contributed by atoms with Crippen LogP contribution in [0.15, 0.2) is 0 Å². The van der Waals surface area contributed by atoms with Crippen molar-refractivity contribution in [2.45, 2.75) is 39.2 Å². The smallest absolute Gasteiger partial charge is 0.282 e. The van der Waals surface area contributed by atoms with E-state index >= 15 is 0 Å². The van der Waals surface area contributed by atoms with Crippen LogP contribution in [-0.2, 0) is 10.2 Å². The predicted octanol–water partition coefficient (Wildman–Crippen LogP) is 0.632. The largest absolute Gasteiger partial charge is 0.329 e. The first-order chi connectivity index (χ1) is 8.46. The molecule has 3 atom stereocenters. The van der Waals surface area contributed by atoms with Gasteiger partial charge in [0.25, 0.3) is 10.2 Å². The van der Waals surface area contributed by atoms with Gasteiger partial charge in [-0.25, -0.2) is 0 Å². The van der Waals surface area contributed by atoms with E-state index in [1.54, 1.807) is 8.61 Å². The summed E-state index contributed by atoms with van der Waals surface area (Å²) in [5, 5.41) is 0. The quantitative estimate of drug-likeness (QED) is 0.821. The van der Waals surface area contributed by atoms with Gasteiger partial charge in [0.05, 0.1) is 0 Å². The van der Waals surface area contributed by atoms with Gasteiger partial charge in [0.15, 0.2) is 0 Å². The molecule has 106 valence electrons. The van der Waals surface area contributed by atoms with Gasteiger partial charge in [-0.15, -0.1) is 0 Å². The molecule has 0 bridgehead atoms. The molecule has 3 unspecified atom stereocenters. The molecule has 0 aromatic heterocycles. The van der Waals surface area contributed by atoms with Gasteiger partial charge in [0.1, 0.15) is 0 Å². The minimum absolute atomic E-state index is 0.00466. The van der Waals surface area contributed by atoms with E-state index in [-0.39, 0.29) is 6.04 Å². The number of rotatable bonds is 3. The zero-order valence-electron chi connectivity index (χ0n) is 11.4.